The van der Waals surface area contributed by atoms with Crippen LogP contribution in [-0.4, -0.2) is 49.2 Å². The number of aromatic nitrogens is 4. The zero-order chi connectivity index (χ0) is 24.7. The normalized spacial score (nSPS) is 11.6. The SMILES string of the molecule is O=C(O)CC(NC(=O)OCc1ccccc1)C(=O)Cn1nnnc1Sc1c(Cl)ccc(Cl)c1Cl. The lowest BCUT2D eigenvalue weighted by molar-refractivity contribution is -0.139. The molecule has 34 heavy (non-hydrogen) atoms. The first kappa shape index (κ1) is 25.8. The fraction of sp³-hybridized carbons (Fsp3) is 0.200. The van der Waals surface area contributed by atoms with Gasteiger partial charge in [-0.15, -0.1) is 5.10 Å². The van der Waals surface area contributed by atoms with E-state index in [0.29, 0.717) is 9.92 Å². The van der Waals surface area contributed by atoms with Crippen molar-refractivity contribution in [3.05, 3.63) is 63.1 Å². The molecule has 2 aromatic carbocycles. The third-order valence-electron chi connectivity index (χ3n) is 4.27. The number of benzene rings is 2. The molecule has 1 atom stereocenters. The van der Waals surface area contributed by atoms with Crippen LogP contribution in [0.1, 0.15) is 12.0 Å². The average Bonchev–Trinajstić information content (AvgIpc) is 3.24. The predicted octanol–water partition coefficient (Wildman–Crippen LogP) is 4.12. The second-order valence-electron chi connectivity index (χ2n) is 6.72. The summed E-state index contributed by atoms with van der Waals surface area (Å²) in [6.07, 6.45) is -1.59. The first-order valence-electron chi connectivity index (χ1n) is 9.54. The molecule has 0 radical (unpaired) electrons. The number of rotatable bonds is 10. The molecule has 2 N–H and O–H groups in total. The molecule has 3 aromatic rings. The van der Waals surface area contributed by atoms with Crippen molar-refractivity contribution in [2.45, 2.75) is 35.7 Å². The molecule has 0 aliphatic carbocycles. The van der Waals surface area contributed by atoms with E-state index in [4.69, 9.17) is 39.5 Å². The highest BCUT2D eigenvalue weighted by molar-refractivity contribution is 7.99. The van der Waals surface area contributed by atoms with Gasteiger partial charge >= 0.3 is 12.1 Å². The minimum absolute atomic E-state index is 0.0460. The maximum absolute atomic E-state index is 12.8. The average molecular weight is 545 g/mol. The van der Waals surface area contributed by atoms with E-state index < -0.39 is 36.9 Å². The number of carbonyl (C=O) groups excluding carboxylic acids is 2. The smallest absolute Gasteiger partial charge is 0.408 e. The molecule has 1 unspecified atom stereocenters. The lowest BCUT2D eigenvalue weighted by Crippen LogP contribution is -2.44. The third-order valence-corrected chi connectivity index (χ3v) is 6.72. The van der Waals surface area contributed by atoms with Gasteiger partial charge in [-0.25, -0.2) is 9.48 Å². The fourth-order valence-electron chi connectivity index (χ4n) is 2.65. The molecular weight excluding hydrogens is 529 g/mol. The van der Waals surface area contributed by atoms with Gasteiger partial charge in [-0.2, -0.15) is 0 Å². The number of nitrogens with one attached hydrogen (secondary N) is 1. The van der Waals surface area contributed by atoms with Crippen LogP contribution in [0.3, 0.4) is 0 Å². The highest BCUT2D eigenvalue weighted by atomic mass is 35.5. The number of hydrogen-bond acceptors (Lipinski definition) is 8. The molecule has 0 aliphatic rings. The summed E-state index contributed by atoms with van der Waals surface area (Å²) in [5.41, 5.74) is 0.729. The number of nitrogens with zero attached hydrogens (tertiary/aromatic N) is 4. The molecule has 0 aliphatic heterocycles. The molecule has 0 fully saturated rings. The predicted molar refractivity (Wildman–Crippen MR) is 124 cm³/mol. The first-order chi connectivity index (χ1) is 16.2. The highest BCUT2D eigenvalue weighted by Gasteiger charge is 2.26. The summed E-state index contributed by atoms with van der Waals surface area (Å²) in [6, 6.07) is 10.6. The molecule has 1 aromatic heterocycles. The summed E-state index contributed by atoms with van der Waals surface area (Å²) in [7, 11) is 0. The van der Waals surface area contributed by atoms with E-state index in [1.54, 1.807) is 30.3 Å². The number of aliphatic carboxylic acids is 1. The number of amides is 1. The fourth-order valence-corrected chi connectivity index (χ4v) is 4.29. The van der Waals surface area contributed by atoms with Gasteiger partial charge < -0.3 is 15.2 Å². The van der Waals surface area contributed by atoms with Crippen LogP contribution in [0, 0.1) is 0 Å². The van der Waals surface area contributed by atoms with Gasteiger partial charge in [-0.05, 0) is 39.9 Å². The van der Waals surface area contributed by atoms with Crippen molar-refractivity contribution in [3.63, 3.8) is 0 Å². The molecule has 1 heterocycles. The van der Waals surface area contributed by atoms with Crippen molar-refractivity contribution < 1.29 is 24.2 Å². The van der Waals surface area contributed by atoms with Gasteiger partial charge in [0.1, 0.15) is 19.2 Å². The Bertz CT molecular complexity index is 1190. The van der Waals surface area contributed by atoms with Crippen LogP contribution in [0.5, 0.6) is 0 Å². The monoisotopic (exact) mass is 543 g/mol. The first-order valence-corrected chi connectivity index (χ1v) is 11.5. The number of carboxylic acid groups (broad SMARTS) is 1. The minimum atomic E-state index is -1.37. The number of Topliss-reactive ketones (excluding diaryl/α,β-unsaturated/α-hetero) is 1. The van der Waals surface area contributed by atoms with Crippen molar-refractivity contribution in [1.29, 1.82) is 0 Å². The maximum Gasteiger partial charge on any atom is 0.408 e. The molecule has 0 spiro atoms. The Balaban J connectivity index is 1.68. The second-order valence-corrected chi connectivity index (χ2v) is 8.89. The largest absolute Gasteiger partial charge is 0.481 e. The van der Waals surface area contributed by atoms with Crippen LogP contribution < -0.4 is 5.32 Å². The number of ether oxygens (including phenoxy) is 1. The van der Waals surface area contributed by atoms with E-state index in [-0.39, 0.29) is 21.8 Å². The van der Waals surface area contributed by atoms with Gasteiger partial charge in [-0.3, -0.25) is 9.59 Å². The Morgan fingerprint density at radius 3 is 2.50 bits per heavy atom. The second kappa shape index (κ2) is 12.0. The molecule has 0 saturated heterocycles. The van der Waals surface area contributed by atoms with Gasteiger partial charge in [-0.1, -0.05) is 65.1 Å². The van der Waals surface area contributed by atoms with Gasteiger partial charge in [0, 0.05) is 0 Å². The number of carbonyl (C=O) groups is 3. The van der Waals surface area contributed by atoms with E-state index >= 15 is 0 Å². The van der Waals surface area contributed by atoms with Crippen LogP contribution >= 0.6 is 46.6 Å². The topological polar surface area (TPSA) is 136 Å². The van der Waals surface area contributed by atoms with Crippen molar-refractivity contribution in [3.8, 4) is 0 Å². The van der Waals surface area contributed by atoms with Gasteiger partial charge in [0.15, 0.2) is 5.78 Å². The van der Waals surface area contributed by atoms with E-state index in [0.717, 1.165) is 22.0 Å². The van der Waals surface area contributed by atoms with Crippen LogP contribution in [0.15, 0.2) is 52.5 Å². The Kier molecular flexibility index (Phi) is 9.11. The zero-order valence-electron chi connectivity index (χ0n) is 17.2. The molecule has 10 nitrogen and oxygen atoms in total. The summed E-state index contributed by atoms with van der Waals surface area (Å²) in [6.45, 7) is -0.475. The number of ketones is 1. The quantitative estimate of drug-likeness (QED) is 0.361. The molecular formula is C20H16Cl3N5O5S. The van der Waals surface area contributed by atoms with Crippen molar-refractivity contribution >= 4 is 64.4 Å². The summed E-state index contributed by atoms with van der Waals surface area (Å²) in [4.78, 5) is 36.6. The Morgan fingerprint density at radius 1 is 1.09 bits per heavy atom. The molecule has 1 amide bonds. The molecule has 0 saturated carbocycles. The van der Waals surface area contributed by atoms with Crippen LogP contribution in [0.2, 0.25) is 15.1 Å². The summed E-state index contributed by atoms with van der Waals surface area (Å²) < 4.78 is 6.21. The number of tetrazole rings is 1. The summed E-state index contributed by atoms with van der Waals surface area (Å²) >= 11 is 19.4. The van der Waals surface area contributed by atoms with Crippen molar-refractivity contribution in [2.24, 2.45) is 0 Å². The zero-order valence-corrected chi connectivity index (χ0v) is 20.2. The van der Waals surface area contributed by atoms with E-state index in [1.807, 2.05) is 6.07 Å². The Hall–Kier alpha value is -2.86. The Morgan fingerprint density at radius 2 is 1.79 bits per heavy atom. The number of carboxylic acids is 1. The van der Waals surface area contributed by atoms with Crippen molar-refractivity contribution in [1.82, 2.24) is 25.5 Å². The van der Waals surface area contributed by atoms with E-state index in [2.05, 4.69) is 20.8 Å². The third kappa shape index (κ3) is 7.07. The van der Waals surface area contributed by atoms with Crippen LogP contribution in [-0.2, 0) is 27.5 Å². The summed E-state index contributed by atoms with van der Waals surface area (Å²) in [5, 5.41) is 23.5. The maximum atomic E-state index is 12.8. The van der Waals surface area contributed by atoms with Gasteiger partial charge in [0.2, 0.25) is 5.16 Å². The summed E-state index contributed by atoms with van der Waals surface area (Å²) in [5.74, 6) is -1.94. The van der Waals surface area contributed by atoms with Crippen LogP contribution in [0.4, 0.5) is 4.79 Å². The number of alkyl carbamates (subject to hydrolysis) is 1. The molecule has 178 valence electrons. The minimum Gasteiger partial charge on any atom is -0.481 e. The molecule has 3 rings (SSSR count). The number of halogens is 3. The van der Waals surface area contributed by atoms with Crippen molar-refractivity contribution in [2.75, 3.05) is 0 Å². The molecule has 0 bridgehead atoms. The Labute approximate surface area is 212 Å². The number of hydrogen-bond donors (Lipinski definition) is 2. The standard InChI is InChI=1S/C20H16Cl3N5O5S/c21-12-6-7-13(22)18(17(12)23)34-19-25-26-27-28(19)9-15(29)14(8-16(30)31)24-20(32)33-10-11-4-2-1-3-5-11/h1-7,14H,8-10H2,(H,24,32)(H,30,31). The highest BCUT2D eigenvalue weighted by Crippen LogP contribution is 2.41. The molecule has 14 heteroatoms. The van der Waals surface area contributed by atoms with Gasteiger partial charge in [0.25, 0.3) is 0 Å². The van der Waals surface area contributed by atoms with E-state index in [1.165, 1.54) is 6.07 Å². The lowest BCUT2D eigenvalue weighted by atomic mass is 10.1. The van der Waals surface area contributed by atoms with E-state index in [9.17, 15) is 19.5 Å². The van der Waals surface area contributed by atoms with Gasteiger partial charge in [0.05, 0.1) is 26.4 Å². The lowest BCUT2D eigenvalue weighted by Gasteiger charge is -2.16. The van der Waals surface area contributed by atoms with Crippen LogP contribution in [0.25, 0.3) is 0 Å².